The molecule has 0 aliphatic rings. The van der Waals surface area contributed by atoms with E-state index >= 15 is 0 Å². The molecule has 34 heavy (non-hydrogen) atoms. The minimum atomic E-state index is -0.160. The van der Waals surface area contributed by atoms with Crippen LogP contribution in [0.25, 0.3) is 32.6 Å². The zero-order valence-corrected chi connectivity index (χ0v) is 19.7. The molecule has 0 aliphatic carbocycles. The van der Waals surface area contributed by atoms with E-state index in [2.05, 4.69) is 54.7 Å². The van der Waals surface area contributed by atoms with Crippen LogP contribution in [0.5, 0.6) is 0 Å². The summed E-state index contributed by atoms with van der Waals surface area (Å²) >= 11 is 1.35. The van der Waals surface area contributed by atoms with Crippen molar-refractivity contribution in [1.82, 2.24) is 10.3 Å². The molecule has 2 aromatic heterocycles. The zero-order chi connectivity index (χ0) is 23.5. The number of hydrogen-bond donors (Lipinski definition) is 2. The Labute approximate surface area is 203 Å². The SMILES string of the molecule is Cc1ccc(-c2cc(-c3ccccc3)nc3sc(C(=O)NCCc4ccccc4)c(N)c23)cc1. The predicted octanol–water partition coefficient (Wildman–Crippen LogP) is 6.49. The summed E-state index contributed by atoms with van der Waals surface area (Å²) < 4.78 is 0. The van der Waals surface area contributed by atoms with Crippen LogP contribution in [0.3, 0.4) is 0 Å². The monoisotopic (exact) mass is 463 g/mol. The van der Waals surface area contributed by atoms with Crippen LogP contribution in [0.1, 0.15) is 20.8 Å². The van der Waals surface area contributed by atoms with Crippen LogP contribution in [-0.4, -0.2) is 17.4 Å². The number of aryl methyl sites for hydroxylation is 1. The molecule has 4 nitrogen and oxygen atoms in total. The first kappa shape index (κ1) is 21.9. The topological polar surface area (TPSA) is 68.0 Å². The van der Waals surface area contributed by atoms with Crippen LogP contribution in [0.4, 0.5) is 5.69 Å². The Morgan fingerprint density at radius 2 is 1.59 bits per heavy atom. The Bertz CT molecular complexity index is 1440. The lowest BCUT2D eigenvalue weighted by Crippen LogP contribution is -2.25. The highest BCUT2D eigenvalue weighted by Crippen LogP contribution is 2.41. The van der Waals surface area contributed by atoms with Gasteiger partial charge in [0.15, 0.2) is 0 Å². The van der Waals surface area contributed by atoms with Crippen molar-refractivity contribution in [3.8, 4) is 22.4 Å². The van der Waals surface area contributed by atoms with Crippen molar-refractivity contribution >= 4 is 33.1 Å². The van der Waals surface area contributed by atoms with Gasteiger partial charge in [0, 0.05) is 17.5 Å². The van der Waals surface area contributed by atoms with E-state index in [0.717, 1.165) is 39.0 Å². The van der Waals surface area contributed by atoms with Gasteiger partial charge in [-0.25, -0.2) is 4.98 Å². The number of nitrogens with zero attached hydrogens (tertiary/aromatic N) is 1. The fourth-order valence-corrected chi connectivity index (χ4v) is 5.09. The smallest absolute Gasteiger partial charge is 0.263 e. The van der Waals surface area contributed by atoms with Gasteiger partial charge >= 0.3 is 0 Å². The Morgan fingerprint density at radius 3 is 2.29 bits per heavy atom. The molecule has 0 aliphatic heterocycles. The van der Waals surface area contributed by atoms with E-state index in [-0.39, 0.29) is 5.91 Å². The third-order valence-electron chi connectivity index (χ3n) is 5.88. The number of nitrogen functional groups attached to an aromatic ring is 1. The number of benzene rings is 3. The lowest BCUT2D eigenvalue weighted by molar-refractivity contribution is 0.0959. The second-order valence-electron chi connectivity index (χ2n) is 8.30. The van der Waals surface area contributed by atoms with Gasteiger partial charge in [0.2, 0.25) is 0 Å². The Hall–Kier alpha value is -3.96. The number of rotatable bonds is 6. The van der Waals surface area contributed by atoms with E-state index in [1.165, 1.54) is 22.5 Å². The summed E-state index contributed by atoms with van der Waals surface area (Å²) in [5, 5.41) is 3.86. The summed E-state index contributed by atoms with van der Waals surface area (Å²) in [5.74, 6) is -0.160. The number of carbonyl (C=O) groups excluding carboxylic acids is 1. The van der Waals surface area contributed by atoms with E-state index < -0.39 is 0 Å². The first-order valence-electron chi connectivity index (χ1n) is 11.3. The number of thiophene rings is 1. The minimum Gasteiger partial charge on any atom is -0.397 e. The molecule has 3 N–H and O–H groups in total. The van der Waals surface area contributed by atoms with E-state index in [9.17, 15) is 4.79 Å². The van der Waals surface area contributed by atoms with E-state index in [4.69, 9.17) is 10.7 Å². The molecular weight excluding hydrogens is 438 g/mol. The van der Waals surface area contributed by atoms with Crippen molar-refractivity contribution < 1.29 is 4.79 Å². The van der Waals surface area contributed by atoms with Gasteiger partial charge in [0.1, 0.15) is 9.71 Å². The molecule has 2 heterocycles. The lowest BCUT2D eigenvalue weighted by atomic mass is 9.99. The third kappa shape index (κ3) is 4.43. The molecule has 5 heteroatoms. The maximum absolute atomic E-state index is 13.1. The van der Waals surface area contributed by atoms with Gasteiger partial charge in [-0.05, 0) is 36.1 Å². The van der Waals surface area contributed by atoms with Crippen LogP contribution >= 0.6 is 11.3 Å². The summed E-state index contributed by atoms with van der Waals surface area (Å²) in [7, 11) is 0. The molecule has 168 valence electrons. The van der Waals surface area contributed by atoms with Gasteiger partial charge in [-0.15, -0.1) is 11.3 Å². The molecule has 0 saturated heterocycles. The number of anilines is 1. The number of nitrogens with one attached hydrogen (secondary N) is 1. The largest absolute Gasteiger partial charge is 0.397 e. The highest BCUT2D eigenvalue weighted by molar-refractivity contribution is 7.21. The molecule has 0 fully saturated rings. The van der Waals surface area contributed by atoms with Gasteiger partial charge in [-0.1, -0.05) is 90.5 Å². The Morgan fingerprint density at radius 1 is 0.912 bits per heavy atom. The van der Waals surface area contributed by atoms with Crippen molar-refractivity contribution in [3.63, 3.8) is 0 Å². The van der Waals surface area contributed by atoms with Gasteiger partial charge in [0.05, 0.1) is 11.4 Å². The normalized spacial score (nSPS) is 11.0. The van der Waals surface area contributed by atoms with Crippen LogP contribution in [0.15, 0.2) is 91.0 Å². The number of nitrogens with two attached hydrogens (primary N) is 1. The molecular formula is C29H25N3OS. The van der Waals surface area contributed by atoms with E-state index in [0.29, 0.717) is 17.1 Å². The van der Waals surface area contributed by atoms with Crippen molar-refractivity contribution in [1.29, 1.82) is 0 Å². The number of hydrogen-bond acceptors (Lipinski definition) is 4. The fraction of sp³-hybridized carbons (Fsp3) is 0.103. The maximum Gasteiger partial charge on any atom is 0.263 e. The highest BCUT2D eigenvalue weighted by Gasteiger charge is 2.21. The number of pyridine rings is 1. The maximum atomic E-state index is 13.1. The molecule has 1 amide bonds. The van der Waals surface area contributed by atoms with Crippen LogP contribution < -0.4 is 11.1 Å². The molecule has 3 aromatic carbocycles. The standard InChI is InChI=1S/C29H25N3OS/c1-19-12-14-21(15-13-19)23-18-24(22-10-6-3-7-11-22)32-29-25(23)26(30)27(34-29)28(33)31-17-16-20-8-4-2-5-9-20/h2-15,18H,16-17,30H2,1H3,(H,31,33). The summed E-state index contributed by atoms with van der Waals surface area (Å²) in [6.45, 7) is 2.61. The molecule has 0 bridgehead atoms. The summed E-state index contributed by atoms with van der Waals surface area (Å²) in [4.78, 5) is 19.2. The number of fused-ring (bicyclic) bond motifs is 1. The number of amides is 1. The zero-order valence-electron chi connectivity index (χ0n) is 18.9. The second kappa shape index (κ2) is 9.49. The quantitative estimate of drug-likeness (QED) is 0.302. The first-order chi connectivity index (χ1) is 16.6. The van der Waals surface area contributed by atoms with Crippen molar-refractivity contribution in [2.45, 2.75) is 13.3 Å². The van der Waals surface area contributed by atoms with Crippen molar-refractivity contribution in [2.24, 2.45) is 0 Å². The molecule has 0 unspecified atom stereocenters. The Kier molecular flexibility index (Phi) is 6.11. The van der Waals surface area contributed by atoms with Crippen molar-refractivity contribution in [2.75, 3.05) is 12.3 Å². The predicted molar refractivity (Wildman–Crippen MR) is 142 cm³/mol. The third-order valence-corrected chi connectivity index (χ3v) is 6.98. The highest BCUT2D eigenvalue weighted by atomic mass is 32.1. The second-order valence-corrected chi connectivity index (χ2v) is 9.30. The summed E-state index contributed by atoms with van der Waals surface area (Å²) in [6, 6.07) is 30.6. The molecule has 0 radical (unpaired) electrons. The molecule has 0 spiro atoms. The molecule has 0 saturated carbocycles. The van der Waals surface area contributed by atoms with E-state index in [1.54, 1.807) is 0 Å². The molecule has 5 aromatic rings. The van der Waals surface area contributed by atoms with Gasteiger partial charge in [-0.3, -0.25) is 4.79 Å². The van der Waals surface area contributed by atoms with Gasteiger partial charge in [0.25, 0.3) is 5.91 Å². The van der Waals surface area contributed by atoms with E-state index in [1.807, 2.05) is 48.5 Å². The molecule has 0 atom stereocenters. The lowest BCUT2D eigenvalue weighted by Gasteiger charge is -2.09. The minimum absolute atomic E-state index is 0.160. The summed E-state index contributed by atoms with van der Waals surface area (Å²) in [6.07, 6.45) is 0.766. The van der Waals surface area contributed by atoms with Crippen molar-refractivity contribution in [3.05, 3.63) is 107 Å². The number of aromatic nitrogens is 1. The van der Waals surface area contributed by atoms with Crippen LogP contribution in [0.2, 0.25) is 0 Å². The molecule has 5 rings (SSSR count). The fourth-order valence-electron chi connectivity index (χ4n) is 4.05. The average Bonchev–Trinajstić information content (AvgIpc) is 3.21. The Balaban J connectivity index is 1.54. The number of carbonyl (C=O) groups is 1. The summed E-state index contributed by atoms with van der Waals surface area (Å²) in [5.41, 5.74) is 13.4. The average molecular weight is 464 g/mol. The van der Waals surface area contributed by atoms with Gasteiger partial charge < -0.3 is 11.1 Å². The van der Waals surface area contributed by atoms with Crippen LogP contribution in [-0.2, 0) is 6.42 Å². The van der Waals surface area contributed by atoms with Crippen LogP contribution in [0, 0.1) is 6.92 Å². The first-order valence-corrected chi connectivity index (χ1v) is 12.1. The van der Waals surface area contributed by atoms with Gasteiger partial charge in [-0.2, -0.15) is 0 Å².